The summed E-state index contributed by atoms with van der Waals surface area (Å²) in [5.74, 6) is -0.121. The van der Waals surface area contributed by atoms with Crippen LogP contribution in [-0.4, -0.2) is 66.6 Å². The third kappa shape index (κ3) is 3.39. The number of hydrogen-bond acceptors (Lipinski definition) is 10. The number of terminal acetylenes is 1. The van der Waals surface area contributed by atoms with Crippen molar-refractivity contribution in [2.45, 2.75) is 18.3 Å². The molecule has 11 nitrogen and oxygen atoms in total. The Bertz CT molecular complexity index is 949. The monoisotopic (exact) mass is 422 g/mol. The molecule has 2 aliphatic heterocycles. The van der Waals surface area contributed by atoms with Gasteiger partial charge in [0.25, 0.3) is 11.8 Å². The molecule has 3 heterocycles. The number of thioether (sulfide) groups is 1. The van der Waals surface area contributed by atoms with E-state index < -0.39 is 29.2 Å². The van der Waals surface area contributed by atoms with Gasteiger partial charge >= 0.3 is 5.97 Å². The van der Waals surface area contributed by atoms with Crippen molar-refractivity contribution < 1.29 is 24.3 Å². The van der Waals surface area contributed by atoms with Crippen molar-refractivity contribution >= 4 is 51.9 Å². The zero-order valence-corrected chi connectivity index (χ0v) is 16.0. The Morgan fingerprint density at radius 2 is 2.32 bits per heavy atom. The number of aromatic nitrogens is 2. The number of anilines is 1. The molecule has 0 aromatic carbocycles. The third-order valence-electron chi connectivity index (χ3n) is 3.79. The van der Waals surface area contributed by atoms with Crippen molar-refractivity contribution in [3.63, 3.8) is 0 Å². The van der Waals surface area contributed by atoms with Gasteiger partial charge in [0.1, 0.15) is 23.7 Å². The number of nitrogens with one attached hydrogen (secondary N) is 1. The van der Waals surface area contributed by atoms with Gasteiger partial charge in [-0.3, -0.25) is 14.5 Å². The number of hydrogen-bond donors (Lipinski definition) is 3. The van der Waals surface area contributed by atoms with Crippen LogP contribution in [0, 0.1) is 12.3 Å². The second kappa shape index (κ2) is 7.87. The normalized spacial score (nSPS) is 21.5. The van der Waals surface area contributed by atoms with Crippen molar-refractivity contribution in [3.8, 4) is 12.3 Å². The van der Waals surface area contributed by atoms with E-state index in [1.807, 2.05) is 0 Å². The molecule has 1 saturated heterocycles. The van der Waals surface area contributed by atoms with Gasteiger partial charge in [-0.25, -0.2) is 4.79 Å². The first-order valence-corrected chi connectivity index (χ1v) is 9.69. The molecule has 0 saturated carbocycles. The Morgan fingerprint density at radius 1 is 1.57 bits per heavy atom. The molecular weight excluding hydrogens is 408 g/mol. The SMILES string of the molecule is C#CC1=C(C(=O)O)N2C(=O)C(NC(=O)C(=NOCC)c3nsc(N)n3)[C@@H]2SC1. The van der Waals surface area contributed by atoms with Crippen LogP contribution in [0.3, 0.4) is 0 Å². The fourth-order valence-corrected chi connectivity index (χ4v) is 4.31. The first-order chi connectivity index (χ1) is 13.4. The van der Waals surface area contributed by atoms with Gasteiger partial charge < -0.3 is 21.0 Å². The number of aliphatic carboxylic acids is 1. The first-order valence-electron chi connectivity index (χ1n) is 7.87. The standard InChI is InChI=1S/C15H14N6O5S2/c1-3-6-5-27-13-8(12(23)21(13)9(6)14(24)25)17-11(22)7(19-26-4-2)10-18-15(16)28-20-10/h1,8,13H,4-5H2,2H3,(H,17,22)(H,24,25)(H2,16,18,20)/t8?,13-/m0/s1. The summed E-state index contributed by atoms with van der Waals surface area (Å²) in [7, 11) is 0. The number of nitrogens with two attached hydrogens (primary N) is 1. The molecule has 1 fully saturated rings. The number of β-lactam (4-membered cyclic amide) rings is 1. The molecule has 28 heavy (non-hydrogen) atoms. The minimum absolute atomic E-state index is 0.0332. The van der Waals surface area contributed by atoms with Crippen molar-refractivity contribution in [2.24, 2.45) is 5.16 Å². The molecule has 0 aliphatic carbocycles. The lowest BCUT2D eigenvalue weighted by Gasteiger charge is -2.48. The van der Waals surface area contributed by atoms with Crippen molar-refractivity contribution in [3.05, 3.63) is 17.1 Å². The van der Waals surface area contributed by atoms with Gasteiger partial charge in [0.2, 0.25) is 11.5 Å². The summed E-state index contributed by atoms with van der Waals surface area (Å²) in [6, 6.07) is -0.950. The summed E-state index contributed by atoms with van der Waals surface area (Å²) in [5.41, 5.74) is 5.28. The van der Waals surface area contributed by atoms with E-state index >= 15 is 0 Å². The predicted molar refractivity (Wildman–Crippen MR) is 101 cm³/mol. The summed E-state index contributed by atoms with van der Waals surface area (Å²) < 4.78 is 3.92. The summed E-state index contributed by atoms with van der Waals surface area (Å²) >= 11 is 2.13. The van der Waals surface area contributed by atoms with E-state index in [-0.39, 0.29) is 40.3 Å². The van der Waals surface area contributed by atoms with E-state index in [0.717, 1.165) is 16.4 Å². The summed E-state index contributed by atoms with van der Waals surface area (Å²) in [4.78, 5) is 46.5. The van der Waals surface area contributed by atoms with Gasteiger partial charge in [0.05, 0.1) is 0 Å². The van der Waals surface area contributed by atoms with Crippen LogP contribution in [0.1, 0.15) is 12.7 Å². The van der Waals surface area contributed by atoms with Crippen LogP contribution in [0.15, 0.2) is 16.4 Å². The molecule has 0 radical (unpaired) electrons. The molecule has 2 aliphatic rings. The van der Waals surface area contributed by atoms with Gasteiger partial charge in [-0.2, -0.15) is 9.36 Å². The molecule has 0 bridgehead atoms. The van der Waals surface area contributed by atoms with E-state index in [4.69, 9.17) is 17.0 Å². The van der Waals surface area contributed by atoms with Gasteiger partial charge in [0.15, 0.2) is 5.13 Å². The maximum Gasteiger partial charge on any atom is 0.353 e. The molecule has 4 N–H and O–H groups in total. The average Bonchev–Trinajstić information content (AvgIpc) is 3.10. The average molecular weight is 422 g/mol. The Morgan fingerprint density at radius 3 is 2.89 bits per heavy atom. The van der Waals surface area contributed by atoms with Crippen LogP contribution in [0.25, 0.3) is 0 Å². The highest BCUT2D eigenvalue weighted by atomic mass is 32.2. The highest BCUT2D eigenvalue weighted by molar-refractivity contribution is 8.00. The molecule has 13 heteroatoms. The van der Waals surface area contributed by atoms with Crippen molar-refractivity contribution in [2.75, 3.05) is 18.1 Å². The van der Waals surface area contributed by atoms with Crippen LogP contribution in [-0.2, 0) is 19.2 Å². The van der Waals surface area contributed by atoms with Crippen LogP contribution in [0.2, 0.25) is 0 Å². The fourth-order valence-electron chi connectivity index (χ4n) is 2.58. The lowest BCUT2D eigenvalue weighted by Crippen LogP contribution is -2.71. The highest BCUT2D eigenvalue weighted by Gasteiger charge is 2.54. The molecule has 2 amide bonds. The smallest absolute Gasteiger partial charge is 0.353 e. The van der Waals surface area contributed by atoms with Gasteiger partial charge in [0, 0.05) is 22.9 Å². The maximum atomic E-state index is 12.6. The van der Waals surface area contributed by atoms with E-state index in [1.165, 1.54) is 11.8 Å². The number of carboxylic acid groups (broad SMARTS) is 1. The number of carbonyl (C=O) groups excluding carboxylic acids is 2. The maximum absolute atomic E-state index is 12.6. The summed E-state index contributed by atoms with van der Waals surface area (Å²) in [6.07, 6.45) is 5.33. The number of nitrogen functional groups attached to an aromatic ring is 1. The minimum atomic E-state index is -1.29. The lowest BCUT2D eigenvalue weighted by atomic mass is 10.0. The first kappa shape index (κ1) is 19.6. The Labute approximate surface area is 167 Å². The number of amides is 2. The quantitative estimate of drug-likeness (QED) is 0.231. The van der Waals surface area contributed by atoms with E-state index in [1.54, 1.807) is 6.92 Å². The molecular formula is C15H14N6O5S2. The molecule has 0 spiro atoms. The zero-order chi connectivity index (χ0) is 20.4. The second-order valence-electron chi connectivity index (χ2n) is 5.45. The van der Waals surface area contributed by atoms with Crippen molar-refractivity contribution in [1.82, 2.24) is 19.6 Å². The zero-order valence-electron chi connectivity index (χ0n) is 14.4. The third-order valence-corrected chi connectivity index (χ3v) is 5.61. The highest BCUT2D eigenvalue weighted by Crippen LogP contribution is 2.40. The number of fused-ring (bicyclic) bond motifs is 1. The van der Waals surface area contributed by atoms with Gasteiger partial charge in [-0.15, -0.1) is 18.2 Å². The molecule has 3 rings (SSSR count). The van der Waals surface area contributed by atoms with Crippen LogP contribution in [0.5, 0.6) is 0 Å². The number of oxime groups is 1. The van der Waals surface area contributed by atoms with E-state index in [9.17, 15) is 19.5 Å². The number of nitrogens with zero attached hydrogens (tertiary/aromatic N) is 4. The van der Waals surface area contributed by atoms with Crippen LogP contribution in [0.4, 0.5) is 5.13 Å². The van der Waals surface area contributed by atoms with E-state index in [2.05, 4.69) is 25.8 Å². The molecule has 1 aromatic rings. The Kier molecular flexibility index (Phi) is 5.52. The van der Waals surface area contributed by atoms with E-state index in [0.29, 0.717) is 0 Å². The Balaban J connectivity index is 1.80. The molecule has 1 aromatic heterocycles. The van der Waals surface area contributed by atoms with Crippen molar-refractivity contribution in [1.29, 1.82) is 0 Å². The predicted octanol–water partition coefficient (Wildman–Crippen LogP) is -0.767. The summed E-state index contributed by atoms with van der Waals surface area (Å²) in [6.45, 7) is 1.88. The van der Waals surface area contributed by atoms with Crippen LogP contribution < -0.4 is 11.1 Å². The molecule has 1 unspecified atom stereocenters. The fraction of sp³-hybridized carbons (Fsp3) is 0.333. The minimum Gasteiger partial charge on any atom is -0.477 e. The van der Waals surface area contributed by atoms with Crippen LogP contribution >= 0.6 is 23.3 Å². The lowest BCUT2D eigenvalue weighted by molar-refractivity contribution is -0.150. The topological polar surface area (TPSA) is 160 Å². The largest absolute Gasteiger partial charge is 0.477 e. The number of carboxylic acids is 1. The molecule has 2 atom stereocenters. The Hall–Kier alpha value is -3.11. The number of carbonyl (C=O) groups is 3. The van der Waals surface area contributed by atoms with Gasteiger partial charge in [-0.05, 0) is 6.92 Å². The number of rotatable bonds is 6. The van der Waals surface area contributed by atoms with Gasteiger partial charge in [-0.1, -0.05) is 11.1 Å². The summed E-state index contributed by atoms with van der Waals surface area (Å²) in [5, 5.41) is 15.2. The molecule has 146 valence electrons. The second-order valence-corrected chi connectivity index (χ2v) is 7.34.